The van der Waals surface area contributed by atoms with Crippen LogP contribution in [0.5, 0.6) is 11.5 Å². The summed E-state index contributed by atoms with van der Waals surface area (Å²) in [5.41, 5.74) is 1.19. The number of hydrazone groups is 1. The van der Waals surface area contributed by atoms with Crippen LogP contribution in [0.3, 0.4) is 0 Å². The summed E-state index contributed by atoms with van der Waals surface area (Å²) >= 11 is 5.79. The van der Waals surface area contributed by atoms with Gasteiger partial charge in [-0.25, -0.2) is 5.43 Å². The van der Waals surface area contributed by atoms with Gasteiger partial charge in [0.25, 0.3) is 0 Å². The molecule has 4 N–H and O–H groups in total. The fraction of sp³-hybridized carbons (Fsp3) is 0.167. The SMILES string of the molecule is O=C(CCC(=O)Nc1cc(C(F)(F)F)ccc1Cl)N/N=C/c1ccc(O)cc1O. The maximum Gasteiger partial charge on any atom is 0.416 e. The number of phenols is 2. The molecule has 0 aliphatic carbocycles. The van der Waals surface area contributed by atoms with Crippen LogP contribution in [0.4, 0.5) is 18.9 Å². The van der Waals surface area contributed by atoms with Crippen molar-refractivity contribution < 1.29 is 33.0 Å². The van der Waals surface area contributed by atoms with Gasteiger partial charge >= 0.3 is 6.18 Å². The maximum atomic E-state index is 12.7. The van der Waals surface area contributed by atoms with Gasteiger partial charge in [-0.05, 0) is 30.3 Å². The fourth-order valence-electron chi connectivity index (χ4n) is 2.11. The lowest BCUT2D eigenvalue weighted by Gasteiger charge is -2.11. The summed E-state index contributed by atoms with van der Waals surface area (Å²) in [6.07, 6.45) is -4.07. The van der Waals surface area contributed by atoms with Crippen molar-refractivity contribution in [2.75, 3.05) is 5.32 Å². The summed E-state index contributed by atoms with van der Waals surface area (Å²) in [5, 5.41) is 24.5. The number of nitrogens with one attached hydrogen (secondary N) is 2. The van der Waals surface area contributed by atoms with Crippen LogP contribution in [0.2, 0.25) is 5.02 Å². The Labute approximate surface area is 167 Å². The number of anilines is 1. The zero-order valence-corrected chi connectivity index (χ0v) is 15.4. The number of alkyl halides is 3. The lowest BCUT2D eigenvalue weighted by Crippen LogP contribution is -2.21. The highest BCUT2D eigenvalue weighted by Crippen LogP contribution is 2.33. The summed E-state index contributed by atoms with van der Waals surface area (Å²) < 4.78 is 38.2. The Morgan fingerprint density at radius 2 is 1.76 bits per heavy atom. The standard InChI is InChI=1S/C18H15ClF3N3O4/c19-13-4-2-11(18(20,21)22)7-14(13)24-16(28)5-6-17(29)25-23-9-10-1-3-12(26)8-15(10)27/h1-4,7-9,26-27H,5-6H2,(H,24,28)(H,25,29)/b23-9+. The van der Waals surface area contributed by atoms with Crippen LogP contribution in [-0.2, 0) is 15.8 Å². The molecule has 2 amide bonds. The molecule has 2 aromatic rings. The third-order valence-electron chi connectivity index (χ3n) is 3.55. The van der Waals surface area contributed by atoms with Crippen LogP contribution in [0.25, 0.3) is 0 Å². The van der Waals surface area contributed by atoms with Crippen molar-refractivity contribution in [2.24, 2.45) is 5.10 Å². The van der Waals surface area contributed by atoms with E-state index in [1.54, 1.807) is 0 Å². The molecule has 0 bridgehead atoms. The molecule has 2 rings (SSSR count). The van der Waals surface area contributed by atoms with Gasteiger partial charge in [-0.1, -0.05) is 11.6 Å². The molecule has 2 aromatic carbocycles. The summed E-state index contributed by atoms with van der Waals surface area (Å²) in [4.78, 5) is 23.6. The van der Waals surface area contributed by atoms with Gasteiger partial charge in [0.15, 0.2) is 0 Å². The Hall–Kier alpha value is -3.27. The molecular weight excluding hydrogens is 415 g/mol. The first-order valence-corrected chi connectivity index (χ1v) is 8.44. The van der Waals surface area contributed by atoms with Crippen molar-refractivity contribution in [1.29, 1.82) is 0 Å². The molecule has 0 saturated carbocycles. The smallest absolute Gasteiger partial charge is 0.416 e. The van der Waals surface area contributed by atoms with Crippen LogP contribution in [0, 0.1) is 0 Å². The molecule has 7 nitrogen and oxygen atoms in total. The summed E-state index contributed by atoms with van der Waals surface area (Å²) in [6, 6.07) is 6.27. The quantitative estimate of drug-likeness (QED) is 0.415. The van der Waals surface area contributed by atoms with Gasteiger partial charge in [-0.15, -0.1) is 0 Å². The molecule has 154 valence electrons. The maximum absolute atomic E-state index is 12.7. The van der Waals surface area contributed by atoms with Gasteiger partial charge in [-0.2, -0.15) is 18.3 Å². The highest BCUT2D eigenvalue weighted by molar-refractivity contribution is 6.33. The number of hydrogen-bond acceptors (Lipinski definition) is 5. The van der Waals surface area contributed by atoms with E-state index in [0.29, 0.717) is 6.07 Å². The molecule has 0 fully saturated rings. The van der Waals surface area contributed by atoms with Gasteiger partial charge in [0.05, 0.1) is 22.5 Å². The second-order valence-corrected chi connectivity index (χ2v) is 6.18. The number of amides is 2. The molecule has 11 heteroatoms. The largest absolute Gasteiger partial charge is 0.508 e. The van der Waals surface area contributed by atoms with E-state index in [1.165, 1.54) is 12.1 Å². The number of hydrogen-bond donors (Lipinski definition) is 4. The van der Waals surface area contributed by atoms with Crippen LogP contribution < -0.4 is 10.7 Å². The Bertz CT molecular complexity index is 948. The minimum absolute atomic E-state index is 0.0749. The molecule has 0 radical (unpaired) electrons. The molecule has 29 heavy (non-hydrogen) atoms. The Morgan fingerprint density at radius 1 is 1.07 bits per heavy atom. The second kappa shape index (κ2) is 9.28. The summed E-state index contributed by atoms with van der Waals surface area (Å²) in [7, 11) is 0. The Balaban J connectivity index is 1.86. The Morgan fingerprint density at radius 3 is 2.41 bits per heavy atom. The highest BCUT2D eigenvalue weighted by Gasteiger charge is 2.31. The van der Waals surface area contributed by atoms with E-state index in [1.807, 2.05) is 0 Å². The zero-order chi connectivity index (χ0) is 21.6. The van der Waals surface area contributed by atoms with Crippen LogP contribution >= 0.6 is 11.6 Å². The van der Waals surface area contributed by atoms with Gasteiger partial charge in [0.2, 0.25) is 11.8 Å². The predicted octanol–water partition coefficient (Wildman–Crippen LogP) is 3.64. The van der Waals surface area contributed by atoms with Crippen molar-refractivity contribution in [3.63, 3.8) is 0 Å². The van der Waals surface area contributed by atoms with Gasteiger partial charge < -0.3 is 15.5 Å². The minimum Gasteiger partial charge on any atom is -0.508 e. The van der Waals surface area contributed by atoms with E-state index in [9.17, 15) is 33.0 Å². The van der Waals surface area contributed by atoms with E-state index < -0.39 is 23.6 Å². The average molecular weight is 430 g/mol. The van der Waals surface area contributed by atoms with E-state index in [4.69, 9.17) is 11.6 Å². The molecule has 0 spiro atoms. The number of rotatable bonds is 6. The monoisotopic (exact) mass is 429 g/mol. The van der Waals surface area contributed by atoms with Gasteiger partial charge in [-0.3, -0.25) is 9.59 Å². The molecule has 0 aromatic heterocycles. The molecule has 0 aliphatic heterocycles. The fourth-order valence-corrected chi connectivity index (χ4v) is 2.27. The lowest BCUT2D eigenvalue weighted by atomic mass is 10.2. The first-order valence-electron chi connectivity index (χ1n) is 8.07. The van der Waals surface area contributed by atoms with Crippen LogP contribution in [-0.4, -0.2) is 28.2 Å². The summed E-state index contributed by atoms with van der Waals surface area (Å²) in [6.45, 7) is 0. The van der Waals surface area contributed by atoms with Gasteiger partial charge in [0.1, 0.15) is 11.5 Å². The predicted molar refractivity (Wildman–Crippen MR) is 99.8 cm³/mol. The normalized spacial score (nSPS) is 11.4. The average Bonchev–Trinajstić information content (AvgIpc) is 2.62. The van der Waals surface area contributed by atoms with Crippen molar-refractivity contribution in [3.05, 3.63) is 52.5 Å². The molecule has 0 atom stereocenters. The number of nitrogens with zero attached hydrogens (tertiary/aromatic N) is 1. The van der Waals surface area contributed by atoms with Crippen molar-refractivity contribution >= 4 is 35.3 Å². The van der Waals surface area contributed by atoms with Crippen LogP contribution in [0.1, 0.15) is 24.0 Å². The molecule has 0 heterocycles. The highest BCUT2D eigenvalue weighted by atomic mass is 35.5. The van der Waals surface area contributed by atoms with Crippen molar-refractivity contribution in [1.82, 2.24) is 5.43 Å². The molecule has 0 unspecified atom stereocenters. The number of halogens is 4. The lowest BCUT2D eigenvalue weighted by molar-refractivity contribution is -0.137. The number of phenolic OH excluding ortho intramolecular Hbond substituents is 2. The first kappa shape index (κ1) is 22.0. The molecule has 0 aliphatic rings. The third kappa shape index (κ3) is 6.68. The summed E-state index contributed by atoms with van der Waals surface area (Å²) in [5.74, 6) is -1.73. The van der Waals surface area contributed by atoms with Crippen LogP contribution in [0.15, 0.2) is 41.5 Å². The third-order valence-corrected chi connectivity index (χ3v) is 3.88. The number of carbonyl (C=O) groups excluding carboxylic acids is 2. The van der Waals surface area contributed by atoms with E-state index >= 15 is 0 Å². The van der Waals surface area contributed by atoms with Crippen molar-refractivity contribution in [2.45, 2.75) is 19.0 Å². The minimum atomic E-state index is -4.59. The second-order valence-electron chi connectivity index (χ2n) is 5.78. The first-order chi connectivity index (χ1) is 13.6. The number of aromatic hydroxyl groups is 2. The van der Waals surface area contributed by atoms with E-state index in [0.717, 1.165) is 24.4 Å². The number of benzene rings is 2. The van der Waals surface area contributed by atoms with Gasteiger partial charge in [0, 0.05) is 24.5 Å². The molecule has 0 saturated heterocycles. The van der Waals surface area contributed by atoms with E-state index in [-0.39, 0.29) is 40.6 Å². The zero-order valence-electron chi connectivity index (χ0n) is 14.6. The Kier molecular flexibility index (Phi) is 7.05. The van der Waals surface area contributed by atoms with E-state index in [2.05, 4.69) is 15.8 Å². The molecular formula is C18H15ClF3N3O4. The number of carbonyl (C=O) groups is 2. The van der Waals surface area contributed by atoms with Crippen molar-refractivity contribution in [3.8, 4) is 11.5 Å². The topological polar surface area (TPSA) is 111 Å².